The molecule has 3 aromatic rings. The van der Waals surface area contributed by atoms with Gasteiger partial charge in [-0.3, -0.25) is 14.6 Å². The predicted octanol–water partition coefficient (Wildman–Crippen LogP) is 2.35. The van der Waals surface area contributed by atoms with E-state index in [0.717, 1.165) is 5.56 Å². The van der Waals surface area contributed by atoms with Crippen LogP contribution in [0.1, 0.15) is 32.1 Å². The number of carbonyl (C=O) groups is 2. The van der Waals surface area contributed by atoms with Crippen molar-refractivity contribution in [2.24, 2.45) is 11.5 Å². The minimum absolute atomic E-state index is 0.0357. The number of rotatable bonds is 7. The molecule has 0 radical (unpaired) electrons. The average Bonchev–Trinajstić information content (AvgIpc) is 2.77. The fourth-order valence-corrected chi connectivity index (χ4v) is 3.16. The maximum atomic E-state index is 12.6. The van der Waals surface area contributed by atoms with Gasteiger partial charge in [-0.2, -0.15) is 0 Å². The number of primary amides is 1. The molecule has 0 saturated heterocycles. The second-order valence-electron chi connectivity index (χ2n) is 6.23. The van der Waals surface area contributed by atoms with Gasteiger partial charge in [-0.25, -0.2) is 4.98 Å². The number of nitrogens with zero attached hydrogens (tertiary/aromatic N) is 2. The van der Waals surface area contributed by atoms with Crippen molar-refractivity contribution in [3.8, 4) is 11.3 Å². The monoisotopic (exact) mass is 407 g/mol. The molecule has 0 aliphatic heterocycles. The summed E-state index contributed by atoms with van der Waals surface area (Å²) in [6, 6.07) is 15.0. The molecular weight excluding hydrogens is 386 g/mol. The van der Waals surface area contributed by atoms with E-state index < -0.39 is 5.91 Å². The lowest BCUT2D eigenvalue weighted by atomic mass is 10.1. The molecule has 0 atom stereocenters. The lowest BCUT2D eigenvalue weighted by molar-refractivity contribution is 0.0949. The largest absolute Gasteiger partial charge is 0.364 e. The standard InChI is InChI=1S/C21H21N5O2S/c1-29-16-7-5-13(6-8-16)11-25-21(28)15-4-2-3-14(9-15)18-12-24-17(10-22)19(26-18)20(23)27/h2-9,12H,10-11,22H2,1H3,(H2,23,27)(H,25,28). The van der Waals surface area contributed by atoms with E-state index in [9.17, 15) is 9.59 Å². The van der Waals surface area contributed by atoms with Crippen LogP contribution in [0.15, 0.2) is 59.6 Å². The Morgan fingerprint density at radius 1 is 1.14 bits per heavy atom. The number of hydrogen-bond acceptors (Lipinski definition) is 6. The fraction of sp³-hybridized carbons (Fsp3) is 0.143. The Hall–Kier alpha value is -3.23. The number of carbonyl (C=O) groups excluding carboxylic acids is 2. The molecule has 148 valence electrons. The lowest BCUT2D eigenvalue weighted by Gasteiger charge is -2.09. The van der Waals surface area contributed by atoms with E-state index in [4.69, 9.17) is 11.5 Å². The van der Waals surface area contributed by atoms with Crippen LogP contribution < -0.4 is 16.8 Å². The third-order valence-electron chi connectivity index (χ3n) is 4.31. The van der Waals surface area contributed by atoms with Crippen molar-refractivity contribution in [3.63, 3.8) is 0 Å². The summed E-state index contributed by atoms with van der Waals surface area (Å²) >= 11 is 1.67. The van der Waals surface area contributed by atoms with Crippen molar-refractivity contribution in [2.75, 3.05) is 6.26 Å². The highest BCUT2D eigenvalue weighted by atomic mass is 32.2. The van der Waals surface area contributed by atoms with Gasteiger partial charge in [-0.05, 0) is 36.1 Å². The number of hydrogen-bond donors (Lipinski definition) is 3. The van der Waals surface area contributed by atoms with Gasteiger partial charge < -0.3 is 16.8 Å². The fourth-order valence-electron chi connectivity index (χ4n) is 2.75. The van der Waals surface area contributed by atoms with E-state index >= 15 is 0 Å². The first-order valence-corrected chi connectivity index (χ1v) is 10.1. The van der Waals surface area contributed by atoms with Gasteiger partial charge in [0.25, 0.3) is 11.8 Å². The van der Waals surface area contributed by atoms with Gasteiger partial charge in [-0.1, -0.05) is 24.3 Å². The molecule has 0 unspecified atom stereocenters. The third-order valence-corrected chi connectivity index (χ3v) is 5.05. The zero-order valence-corrected chi connectivity index (χ0v) is 16.7. The minimum Gasteiger partial charge on any atom is -0.364 e. The summed E-state index contributed by atoms with van der Waals surface area (Å²) in [6.45, 7) is 0.487. The number of amides is 2. The first-order chi connectivity index (χ1) is 14.0. The van der Waals surface area contributed by atoms with Crippen LogP contribution in [0.25, 0.3) is 11.3 Å². The van der Waals surface area contributed by atoms with Crippen LogP contribution in [-0.2, 0) is 13.1 Å². The number of nitrogens with two attached hydrogens (primary N) is 2. The first-order valence-electron chi connectivity index (χ1n) is 8.89. The normalized spacial score (nSPS) is 10.6. The molecule has 0 spiro atoms. The molecule has 5 N–H and O–H groups in total. The number of aromatic nitrogens is 2. The quantitative estimate of drug-likeness (QED) is 0.517. The van der Waals surface area contributed by atoms with E-state index in [2.05, 4.69) is 15.3 Å². The zero-order valence-electron chi connectivity index (χ0n) is 15.9. The molecule has 0 bridgehead atoms. The van der Waals surface area contributed by atoms with E-state index in [1.807, 2.05) is 30.5 Å². The van der Waals surface area contributed by atoms with Crippen molar-refractivity contribution in [3.05, 3.63) is 77.2 Å². The lowest BCUT2D eigenvalue weighted by Crippen LogP contribution is -2.22. The molecule has 8 heteroatoms. The van der Waals surface area contributed by atoms with Gasteiger partial charge in [0.2, 0.25) is 0 Å². The summed E-state index contributed by atoms with van der Waals surface area (Å²) in [5.74, 6) is -0.899. The van der Waals surface area contributed by atoms with Crippen molar-refractivity contribution >= 4 is 23.6 Å². The van der Waals surface area contributed by atoms with E-state index in [1.54, 1.807) is 36.0 Å². The van der Waals surface area contributed by atoms with Crippen LogP contribution in [0.4, 0.5) is 0 Å². The molecule has 29 heavy (non-hydrogen) atoms. The average molecular weight is 407 g/mol. The second-order valence-corrected chi connectivity index (χ2v) is 7.11. The molecule has 2 aromatic carbocycles. The smallest absolute Gasteiger partial charge is 0.269 e. The van der Waals surface area contributed by atoms with Gasteiger partial charge in [0.15, 0.2) is 5.69 Å². The molecule has 0 aliphatic carbocycles. The summed E-state index contributed by atoms with van der Waals surface area (Å²) in [7, 11) is 0. The Morgan fingerprint density at radius 2 is 1.90 bits per heavy atom. The maximum Gasteiger partial charge on any atom is 0.269 e. The summed E-state index contributed by atoms with van der Waals surface area (Å²) < 4.78 is 0. The summed E-state index contributed by atoms with van der Waals surface area (Å²) in [4.78, 5) is 33.8. The first kappa shape index (κ1) is 20.5. The molecule has 0 aliphatic rings. The minimum atomic E-state index is -0.693. The highest BCUT2D eigenvalue weighted by Crippen LogP contribution is 2.19. The van der Waals surface area contributed by atoms with Gasteiger partial charge >= 0.3 is 0 Å². The molecule has 0 fully saturated rings. The number of nitrogens with one attached hydrogen (secondary N) is 1. The van der Waals surface area contributed by atoms with E-state index in [-0.39, 0.29) is 18.1 Å². The van der Waals surface area contributed by atoms with Crippen molar-refractivity contribution < 1.29 is 9.59 Å². The van der Waals surface area contributed by atoms with Crippen molar-refractivity contribution in [2.45, 2.75) is 18.0 Å². The Bertz CT molecular complexity index is 1040. The Labute approximate surface area is 172 Å². The summed E-state index contributed by atoms with van der Waals surface area (Å²) in [5, 5.41) is 2.91. The second kappa shape index (κ2) is 9.31. The summed E-state index contributed by atoms with van der Waals surface area (Å²) in [6.07, 6.45) is 3.53. The van der Waals surface area contributed by atoms with Crippen LogP contribution in [0, 0.1) is 0 Å². The van der Waals surface area contributed by atoms with E-state index in [0.29, 0.717) is 29.1 Å². The molecule has 1 heterocycles. The molecule has 2 amide bonds. The van der Waals surface area contributed by atoms with Crippen LogP contribution in [0.2, 0.25) is 0 Å². The molecule has 1 aromatic heterocycles. The van der Waals surface area contributed by atoms with Crippen molar-refractivity contribution in [1.29, 1.82) is 0 Å². The van der Waals surface area contributed by atoms with E-state index in [1.165, 1.54) is 11.1 Å². The number of benzene rings is 2. The zero-order chi connectivity index (χ0) is 20.8. The molecule has 7 nitrogen and oxygen atoms in total. The van der Waals surface area contributed by atoms with Gasteiger partial charge in [0.05, 0.1) is 17.6 Å². The van der Waals surface area contributed by atoms with Crippen LogP contribution in [0.5, 0.6) is 0 Å². The van der Waals surface area contributed by atoms with Gasteiger partial charge in [0.1, 0.15) is 0 Å². The predicted molar refractivity (Wildman–Crippen MR) is 113 cm³/mol. The Kier molecular flexibility index (Phi) is 6.58. The SMILES string of the molecule is CSc1ccc(CNC(=O)c2cccc(-c3cnc(CN)c(C(N)=O)n3)c2)cc1. The maximum absolute atomic E-state index is 12.6. The summed E-state index contributed by atoms with van der Waals surface area (Å²) in [5.41, 5.74) is 13.9. The van der Waals surface area contributed by atoms with Gasteiger partial charge in [-0.15, -0.1) is 11.8 Å². The molecule has 3 rings (SSSR count). The molecular formula is C21H21N5O2S. The van der Waals surface area contributed by atoms with Crippen LogP contribution in [-0.4, -0.2) is 28.0 Å². The van der Waals surface area contributed by atoms with Crippen LogP contribution in [0.3, 0.4) is 0 Å². The highest BCUT2D eigenvalue weighted by Gasteiger charge is 2.14. The van der Waals surface area contributed by atoms with Crippen LogP contribution >= 0.6 is 11.8 Å². The highest BCUT2D eigenvalue weighted by molar-refractivity contribution is 7.98. The Balaban J connectivity index is 1.77. The Morgan fingerprint density at radius 3 is 2.55 bits per heavy atom. The van der Waals surface area contributed by atoms with Gasteiger partial charge in [0, 0.05) is 29.1 Å². The van der Waals surface area contributed by atoms with Crippen molar-refractivity contribution in [1.82, 2.24) is 15.3 Å². The third kappa shape index (κ3) is 4.98. The topological polar surface area (TPSA) is 124 Å². The number of thioether (sulfide) groups is 1. The molecule has 0 saturated carbocycles.